The molecular formula is C26H24N4O3. The molecule has 0 bridgehead atoms. The Balaban J connectivity index is 1.21. The maximum absolute atomic E-state index is 11.8. The van der Waals surface area contributed by atoms with Crippen molar-refractivity contribution in [3.63, 3.8) is 0 Å². The summed E-state index contributed by atoms with van der Waals surface area (Å²) in [6.07, 6.45) is 7.33. The van der Waals surface area contributed by atoms with Crippen LogP contribution in [0.1, 0.15) is 15.9 Å². The highest BCUT2D eigenvalue weighted by Gasteiger charge is 2.31. The molecule has 1 aliphatic heterocycles. The van der Waals surface area contributed by atoms with Gasteiger partial charge in [0.1, 0.15) is 11.9 Å². The molecule has 0 saturated carbocycles. The minimum absolute atomic E-state index is 0.0513. The predicted molar refractivity (Wildman–Crippen MR) is 127 cm³/mol. The Kier molecular flexibility index (Phi) is 5.68. The Morgan fingerprint density at radius 2 is 1.82 bits per heavy atom. The molecule has 3 heterocycles. The van der Waals surface area contributed by atoms with Crippen molar-refractivity contribution in [3.05, 3.63) is 103 Å². The second-order valence-electron chi connectivity index (χ2n) is 7.95. The zero-order chi connectivity index (χ0) is 22.6. The highest BCUT2D eigenvalue weighted by atomic mass is 16.5. The molecule has 2 aromatic heterocycles. The number of carboxylic acids is 1. The number of carbonyl (C=O) groups is 1. The van der Waals surface area contributed by atoms with Crippen molar-refractivity contribution in [3.8, 4) is 11.4 Å². The van der Waals surface area contributed by atoms with Gasteiger partial charge in [-0.15, -0.1) is 0 Å². The molecule has 4 aromatic rings. The minimum atomic E-state index is -0.938. The number of hydrogen-bond acceptors (Lipinski definition) is 5. The Hall–Kier alpha value is -4.26. The van der Waals surface area contributed by atoms with Crippen LogP contribution in [-0.2, 0) is 6.54 Å². The highest BCUT2D eigenvalue weighted by molar-refractivity contribution is 5.95. The second-order valence-corrected chi connectivity index (χ2v) is 7.95. The summed E-state index contributed by atoms with van der Waals surface area (Å²) in [5.41, 5.74) is 3.99. The zero-order valence-electron chi connectivity index (χ0n) is 18.0. The van der Waals surface area contributed by atoms with E-state index < -0.39 is 5.97 Å². The smallest absolute Gasteiger partial charge is 0.337 e. The maximum Gasteiger partial charge on any atom is 0.337 e. The average Bonchev–Trinajstić information content (AvgIpc) is 3.35. The standard InChI is InChI=1S/C26H24N4O3/c31-26(32)23-6-3-7-24(25(23)29-13-1-2-14-29)30-17-22(18-30)33-21-10-8-19(9-11-21)15-28-20-5-4-12-27-16-20/h1-14,16,22,28H,15,17-18H2,(H,31,32). The van der Waals surface area contributed by atoms with E-state index in [4.69, 9.17) is 4.74 Å². The predicted octanol–water partition coefficient (Wildman–Crippen LogP) is 4.45. The van der Waals surface area contributed by atoms with Crippen molar-refractivity contribution < 1.29 is 14.6 Å². The van der Waals surface area contributed by atoms with Crippen molar-refractivity contribution in [2.75, 3.05) is 23.3 Å². The molecule has 5 rings (SSSR count). The third-order valence-electron chi connectivity index (χ3n) is 5.68. The number of pyridine rings is 1. The first-order valence-corrected chi connectivity index (χ1v) is 10.8. The fraction of sp³-hybridized carbons (Fsp3) is 0.154. The van der Waals surface area contributed by atoms with Gasteiger partial charge < -0.3 is 24.6 Å². The molecule has 2 N–H and O–H groups in total. The average molecular weight is 441 g/mol. The molecule has 1 aliphatic rings. The lowest BCUT2D eigenvalue weighted by Gasteiger charge is -2.41. The van der Waals surface area contributed by atoms with Gasteiger partial charge in [0.2, 0.25) is 0 Å². The van der Waals surface area contributed by atoms with E-state index in [1.807, 2.05) is 59.4 Å². The van der Waals surface area contributed by atoms with Gasteiger partial charge in [-0.1, -0.05) is 18.2 Å². The molecule has 1 fully saturated rings. The van der Waals surface area contributed by atoms with E-state index in [0.29, 0.717) is 25.3 Å². The fourth-order valence-corrected chi connectivity index (χ4v) is 3.97. The lowest BCUT2D eigenvalue weighted by atomic mass is 10.1. The number of benzene rings is 2. The number of ether oxygens (including phenoxy) is 1. The minimum Gasteiger partial charge on any atom is -0.487 e. The summed E-state index contributed by atoms with van der Waals surface area (Å²) < 4.78 is 7.99. The molecule has 0 amide bonds. The van der Waals surface area contributed by atoms with Crippen LogP contribution in [0.5, 0.6) is 5.75 Å². The Morgan fingerprint density at radius 1 is 1.03 bits per heavy atom. The summed E-state index contributed by atoms with van der Waals surface area (Å²) in [4.78, 5) is 18.0. The first kappa shape index (κ1) is 20.6. The topological polar surface area (TPSA) is 79.6 Å². The molecule has 0 spiro atoms. The van der Waals surface area contributed by atoms with Crippen LogP contribution in [0.15, 0.2) is 91.5 Å². The molecule has 0 radical (unpaired) electrons. The number of carboxylic acid groups (broad SMARTS) is 1. The number of aromatic carboxylic acids is 1. The molecule has 2 aromatic carbocycles. The second kappa shape index (κ2) is 9.08. The number of para-hydroxylation sites is 1. The first-order valence-electron chi connectivity index (χ1n) is 10.8. The summed E-state index contributed by atoms with van der Waals surface area (Å²) in [5, 5.41) is 13.0. The molecule has 7 heteroatoms. The van der Waals surface area contributed by atoms with Crippen LogP contribution in [0.25, 0.3) is 5.69 Å². The van der Waals surface area contributed by atoms with Gasteiger partial charge in [-0.25, -0.2) is 4.79 Å². The van der Waals surface area contributed by atoms with E-state index in [-0.39, 0.29) is 11.7 Å². The van der Waals surface area contributed by atoms with E-state index in [2.05, 4.69) is 27.3 Å². The van der Waals surface area contributed by atoms with Crippen molar-refractivity contribution in [2.24, 2.45) is 0 Å². The van der Waals surface area contributed by atoms with Crippen LogP contribution in [0, 0.1) is 0 Å². The molecular weight excluding hydrogens is 416 g/mol. The molecule has 1 saturated heterocycles. The van der Waals surface area contributed by atoms with Crippen molar-refractivity contribution in [1.82, 2.24) is 9.55 Å². The molecule has 7 nitrogen and oxygen atoms in total. The van der Waals surface area contributed by atoms with Crippen LogP contribution in [0.4, 0.5) is 11.4 Å². The summed E-state index contributed by atoms with van der Waals surface area (Å²) >= 11 is 0. The molecule has 166 valence electrons. The van der Waals surface area contributed by atoms with E-state index in [0.717, 1.165) is 22.7 Å². The van der Waals surface area contributed by atoms with E-state index in [1.165, 1.54) is 0 Å². The van der Waals surface area contributed by atoms with Gasteiger partial charge in [0, 0.05) is 31.3 Å². The van der Waals surface area contributed by atoms with Gasteiger partial charge in [-0.2, -0.15) is 0 Å². The van der Waals surface area contributed by atoms with Gasteiger partial charge in [0.25, 0.3) is 0 Å². The SMILES string of the molecule is O=C(O)c1cccc(N2CC(Oc3ccc(CNc4cccnc4)cc3)C2)c1-n1cccc1. The monoisotopic (exact) mass is 440 g/mol. The number of aromatic nitrogens is 2. The number of nitrogens with one attached hydrogen (secondary N) is 1. The molecule has 0 atom stereocenters. The van der Waals surface area contributed by atoms with Gasteiger partial charge in [-0.3, -0.25) is 4.98 Å². The quantitative estimate of drug-likeness (QED) is 0.421. The number of nitrogens with zero attached hydrogens (tertiary/aromatic N) is 3. The van der Waals surface area contributed by atoms with E-state index in [1.54, 1.807) is 24.5 Å². The van der Waals surface area contributed by atoms with Crippen molar-refractivity contribution in [2.45, 2.75) is 12.6 Å². The van der Waals surface area contributed by atoms with Crippen LogP contribution in [-0.4, -0.2) is 39.8 Å². The Morgan fingerprint density at radius 3 is 2.52 bits per heavy atom. The summed E-state index contributed by atoms with van der Waals surface area (Å²) in [5.74, 6) is -0.110. The van der Waals surface area contributed by atoms with Crippen LogP contribution < -0.4 is 15.0 Å². The summed E-state index contributed by atoms with van der Waals surface area (Å²) in [6, 6.07) is 21.1. The van der Waals surface area contributed by atoms with Gasteiger partial charge >= 0.3 is 5.97 Å². The normalized spacial score (nSPS) is 13.4. The van der Waals surface area contributed by atoms with Crippen LogP contribution in [0.2, 0.25) is 0 Å². The number of hydrogen-bond donors (Lipinski definition) is 2. The third kappa shape index (κ3) is 4.52. The number of rotatable bonds is 8. The van der Waals surface area contributed by atoms with Gasteiger partial charge in [0.05, 0.1) is 35.7 Å². The third-order valence-corrected chi connectivity index (χ3v) is 5.68. The van der Waals surface area contributed by atoms with E-state index in [9.17, 15) is 9.90 Å². The first-order chi connectivity index (χ1) is 16.2. The fourth-order valence-electron chi connectivity index (χ4n) is 3.97. The van der Waals surface area contributed by atoms with Gasteiger partial charge in [-0.05, 0) is 54.1 Å². The Bertz CT molecular complexity index is 1220. The largest absolute Gasteiger partial charge is 0.487 e. The van der Waals surface area contributed by atoms with Crippen LogP contribution >= 0.6 is 0 Å². The van der Waals surface area contributed by atoms with E-state index >= 15 is 0 Å². The molecule has 33 heavy (non-hydrogen) atoms. The lowest BCUT2D eigenvalue weighted by Crippen LogP contribution is -2.54. The van der Waals surface area contributed by atoms with Gasteiger partial charge in [0.15, 0.2) is 0 Å². The molecule has 0 unspecified atom stereocenters. The Labute approximate surface area is 191 Å². The van der Waals surface area contributed by atoms with Crippen LogP contribution in [0.3, 0.4) is 0 Å². The number of anilines is 2. The lowest BCUT2D eigenvalue weighted by molar-refractivity contribution is 0.0697. The summed E-state index contributed by atoms with van der Waals surface area (Å²) in [7, 11) is 0. The highest BCUT2D eigenvalue weighted by Crippen LogP contribution is 2.32. The summed E-state index contributed by atoms with van der Waals surface area (Å²) in [6.45, 7) is 2.11. The van der Waals surface area contributed by atoms with Crippen molar-refractivity contribution >= 4 is 17.3 Å². The zero-order valence-corrected chi connectivity index (χ0v) is 18.0. The maximum atomic E-state index is 11.8. The molecule has 0 aliphatic carbocycles. The van der Waals surface area contributed by atoms with Crippen molar-refractivity contribution in [1.29, 1.82) is 0 Å².